The first-order chi connectivity index (χ1) is 10.3. The summed E-state index contributed by atoms with van der Waals surface area (Å²) in [7, 11) is 0. The van der Waals surface area contributed by atoms with Gasteiger partial charge in [0.1, 0.15) is 11.2 Å². The molecule has 0 aromatic carbocycles. The Hall–Kier alpha value is -1.91. The molecule has 2 heterocycles. The van der Waals surface area contributed by atoms with Gasteiger partial charge in [0, 0.05) is 6.42 Å². The number of nitrogens with one attached hydrogen (secondary N) is 1. The molecule has 0 spiro atoms. The van der Waals surface area contributed by atoms with Gasteiger partial charge in [0.2, 0.25) is 0 Å². The van der Waals surface area contributed by atoms with E-state index in [9.17, 15) is 4.79 Å². The van der Waals surface area contributed by atoms with Crippen LogP contribution in [0.5, 0.6) is 0 Å². The molecule has 0 aliphatic heterocycles. The van der Waals surface area contributed by atoms with Gasteiger partial charge in [-0.3, -0.25) is 4.79 Å². The van der Waals surface area contributed by atoms with Crippen molar-refractivity contribution in [1.29, 1.82) is 0 Å². The molecule has 2 aliphatic rings. The van der Waals surface area contributed by atoms with E-state index in [1.807, 2.05) is 4.68 Å². The van der Waals surface area contributed by atoms with Crippen LogP contribution in [0.1, 0.15) is 50.4 Å². The third-order valence-corrected chi connectivity index (χ3v) is 4.77. The van der Waals surface area contributed by atoms with Crippen LogP contribution >= 0.6 is 0 Å². The van der Waals surface area contributed by atoms with E-state index in [1.165, 1.54) is 25.7 Å². The van der Waals surface area contributed by atoms with E-state index >= 15 is 0 Å². The molecule has 1 saturated carbocycles. The monoisotopic (exact) mass is 284 g/mol. The van der Waals surface area contributed by atoms with Gasteiger partial charge in [-0.15, -0.1) is 0 Å². The molecular weight excluding hydrogens is 264 g/mol. The first-order valence-corrected chi connectivity index (χ1v) is 7.94. The van der Waals surface area contributed by atoms with Crippen LogP contribution in [0.4, 0.5) is 0 Å². The third kappa shape index (κ3) is 2.30. The molecule has 1 fully saturated rings. The second kappa shape index (κ2) is 5.13. The van der Waals surface area contributed by atoms with E-state index in [4.69, 9.17) is 4.98 Å². The highest BCUT2D eigenvalue weighted by Gasteiger charge is 2.20. The fourth-order valence-electron chi connectivity index (χ4n) is 3.63. The van der Waals surface area contributed by atoms with Crippen LogP contribution in [0, 0.1) is 5.92 Å². The molecule has 1 atom stereocenters. The zero-order chi connectivity index (χ0) is 14.2. The summed E-state index contributed by atoms with van der Waals surface area (Å²) in [6.07, 6.45) is 14.1. The quantitative estimate of drug-likeness (QED) is 0.881. The van der Waals surface area contributed by atoms with Crippen molar-refractivity contribution in [2.45, 2.75) is 51.0 Å². The van der Waals surface area contributed by atoms with Crippen molar-refractivity contribution in [1.82, 2.24) is 19.7 Å². The Morgan fingerprint density at radius 1 is 1.29 bits per heavy atom. The van der Waals surface area contributed by atoms with Crippen molar-refractivity contribution >= 4 is 11.0 Å². The zero-order valence-electron chi connectivity index (χ0n) is 12.1. The Kier molecular flexibility index (Phi) is 3.13. The van der Waals surface area contributed by atoms with Crippen molar-refractivity contribution in [3.63, 3.8) is 0 Å². The molecule has 4 rings (SSSR count). The fourth-order valence-corrected chi connectivity index (χ4v) is 3.63. The van der Waals surface area contributed by atoms with Crippen LogP contribution in [-0.2, 0) is 6.42 Å². The standard InChI is InChI=1S/C16H20N4O/c21-16-13-10-17-20(12-7-3-4-8-12)15(13)18-14(19-16)9-11-5-1-2-6-11/h3,7,10-12H,1-2,4-6,8-9H2,(H,18,19,21). The topological polar surface area (TPSA) is 63.6 Å². The average molecular weight is 284 g/mol. The predicted octanol–water partition coefficient (Wildman–Crippen LogP) is 2.74. The Morgan fingerprint density at radius 2 is 2.14 bits per heavy atom. The highest BCUT2D eigenvalue weighted by molar-refractivity contribution is 5.73. The summed E-state index contributed by atoms with van der Waals surface area (Å²) in [5, 5.41) is 5.00. The van der Waals surface area contributed by atoms with E-state index < -0.39 is 0 Å². The average Bonchev–Trinajstić information content (AvgIpc) is 3.19. The van der Waals surface area contributed by atoms with E-state index in [0.717, 1.165) is 30.7 Å². The van der Waals surface area contributed by atoms with Crippen molar-refractivity contribution in [3.05, 3.63) is 34.5 Å². The maximum Gasteiger partial charge on any atom is 0.262 e. The molecule has 1 unspecified atom stereocenters. The molecule has 0 radical (unpaired) electrons. The van der Waals surface area contributed by atoms with Crippen molar-refractivity contribution in [2.75, 3.05) is 0 Å². The van der Waals surface area contributed by atoms with Gasteiger partial charge in [0.05, 0.1) is 12.2 Å². The molecule has 2 aromatic rings. The van der Waals surface area contributed by atoms with Gasteiger partial charge in [-0.1, -0.05) is 37.8 Å². The SMILES string of the molecule is O=c1[nH]c(CC2CCCC2)nc2c1cnn2C1C=CCC1. The second-order valence-electron chi connectivity index (χ2n) is 6.27. The fraction of sp³-hybridized carbons (Fsp3) is 0.562. The van der Waals surface area contributed by atoms with E-state index in [2.05, 4.69) is 22.2 Å². The number of H-pyrrole nitrogens is 1. The molecule has 0 saturated heterocycles. The highest BCUT2D eigenvalue weighted by Crippen LogP contribution is 2.28. The van der Waals surface area contributed by atoms with E-state index in [-0.39, 0.29) is 11.6 Å². The molecule has 5 heteroatoms. The number of hydrogen-bond acceptors (Lipinski definition) is 3. The maximum atomic E-state index is 12.2. The number of fused-ring (bicyclic) bond motifs is 1. The highest BCUT2D eigenvalue weighted by atomic mass is 16.1. The Labute approximate surface area is 123 Å². The van der Waals surface area contributed by atoms with Crippen LogP contribution in [0.3, 0.4) is 0 Å². The molecule has 2 aliphatic carbocycles. The lowest BCUT2D eigenvalue weighted by atomic mass is 10.0. The van der Waals surface area contributed by atoms with Gasteiger partial charge in [-0.05, 0) is 18.8 Å². The molecule has 5 nitrogen and oxygen atoms in total. The predicted molar refractivity (Wildman–Crippen MR) is 81.2 cm³/mol. The van der Waals surface area contributed by atoms with Gasteiger partial charge in [0.25, 0.3) is 5.56 Å². The second-order valence-corrected chi connectivity index (χ2v) is 6.27. The Bertz CT molecular complexity index is 736. The number of hydrogen-bond donors (Lipinski definition) is 1. The molecule has 2 aromatic heterocycles. The summed E-state index contributed by atoms with van der Waals surface area (Å²) in [5.41, 5.74) is 0.685. The normalized spacial score (nSPS) is 22.6. The minimum Gasteiger partial charge on any atom is -0.310 e. The van der Waals surface area contributed by atoms with Crippen molar-refractivity contribution in [3.8, 4) is 0 Å². The number of allylic oxidation sites excluding steroid dienone is 2. The summed E-state index contributed by atoms with van der Waals surface area (Å²) in [4.78, 5) is 19.9. The molecular formula is C16H20N4O. The molecule has 0 bridgehead atoms. The first kappa shape index (κ1) is 12.8. The third-order valence-electron chi connectivity index (χ3n) is 4.77. The molecule has 21 heavy (non-hydrogen) atoms. The van der Waals surface area contributed by atoms with E-state index in [1.54, 1.807) is 6.20 Å². The summed E-state index contributed by atoms with van der Waals surface area (Å²) in [6.45, 7) is 0. The maximum absolute atomic E-state index is 12.2. The minimum absolute atomic E-state index is 0.0544. The van der Waals surface area contributed by atoms with Crippen molar-refractivity contribution < 1.29 is 0 Å². The first-order valence-electron chi connectivity index (χ1n) is 7.94. The summed E-state index contributed by atoms with van der Waals surface area (Å²) in [5.74, 6) is 1.50. The van der Waals surface area contributed by atoms with Gasteiger partial charge < -0.3 is 4.98 Å². The molecule has 0 amide bonds. The smallest absolute Gasteiger partial charge is 0.262 e. The van der Waals surface area contributed by atoms with Crippen LogP contribution in [0.15, 0.2) is 23.1 Å². The van der Waals surface area contributed by atoms with Crippen LogP contribution < -0.4 is 5.56 Å². The van der Waals surface area contributed by atoms with Crippen LogP contribution in [0.2, 0.25) is 0 Å². The van der Waals surface area contributed by atoms with Gasteiger partial charge >= 0.3 is 0 Å². The number of aromatic nitrogens is 4. The Balaban J connectivity index is 1.73. The van der Waals surface area contributed by atoms with Gasteiger partial charge in [0.15, 0.2) is 5.65 Å². The summed E-state index contributed by atoms with van der Waals surface area (Å²) >= 11 is 0. The molecule has 1 N–H and O–H groups in total. The van der Waals surface area contributed by atoms with Crippen LogP contribution in [-0.4, -0.2) is 19.7 Å². The minimum atomic E-state index is -0.0544. The summed E-state index contributed by atoms with van der Waals surface area (Å²) < 4.78 is 1.91. The van der Waals surface area contributed by atoms with E-state index in [0.29, 0.717) is 11.3 Å². The number of rotatable bonds is 3. The van der Waals surface area contributed by atoms with Gasteiger partial charge in [-0.2, -0.15) is 5.10 Å². The molecule has 110 valence electrons. The zero-order valence-corrected chi connectivity index (χ0v) is 12.1. The van der Waals surface area contributed by atoms with Gasteiger partial charge in [-0.25, -0.2) is 9.67 Å². The largest absolute Gasteiger partial charge is 0.310 e. The number of aromatic amines is 1. The lowest BCUT2D eigenvalue weighted by molar-refractivity contribution is 0.523. The summed E-state index contributed by atoms with van der Waals surface area (Å²) in [6, 6.07) is 0.246. The number of nitrogens with zero attached hydrogens (tertiary/aromatic N) is 3. The lowest BCUT2D eigenvalue weighted by Crippen LogP contribution is -2.15. The lowest BCUT2D eigenvalue weighted by Gasteiger charge is -2.11. The Morgan fingerprint density at radius 3 is 2.90 bits per heavy atom. The van der Waals surface area contributed by atoms with Crippen LogP contribution in [0.25, 0.3) is 11.0 Å². The van der Waals surface area contributed by atoms with Crippen molar-refractivity contribution in [2.24, 2.45) is 5.92 Å².